The van der Waals surface area contributed by atoms with E-state index in [1.54, 1.807) is 30.3 Å². The van der Waals surface area contributed by atoms with Crippen molar-refractivity contribution in [3.05, 3.63) is 72.2 Å². The topological polar surface area (TPSA) is 87.7 Å². The van der Waals surface area contributed by atoms with Crippen LogP contribution in [0, 0.1) is 0 Å². The molecule has 4 heterocycles. The van der Waals surface area contributed by atoms with E-state index in [2.05, 4.69) is 28.3 Å². The standard InChI is InChI=1S/C27H29N5O3/c1-18-15-24(30-26-5-3-4-10-28-26)22-16-20(7-9-25(22)32(18)19(2)33)21-6-8-23(29-17-21)27(34)31-11-13-35-14-12-31/h3-10,16-18,24H,11-15H2,1-2H3,(H,28,30)/t18-,24+/m0/s1. The fourth-order valence-electron chi connectivity index (χ4n) is 4.91. The van der Waals surface area contributed by atoms with Crippen molar-refractivity contribution < 1.29 is 14.3 Å². The van der Waals surface area contributed by atoms with Gasteiger partial charge in [-0.1, -0.05) is 18.2 Å². The van der Waals surface area contributed by atoms with E-state index in [1.165, 1.54) is 0 Å². The number of aromatic nitrogens is 2. The van der Waals surface area contributed by atoms with E-state index in [1.807, 2.05) is 41.3 Å². The molecule has 1 aromatic carbocycles. The highest BCUT2D eigenvalue weighted by Gasteiger charge is 2.33. The van der Waals surface area contributed by atoms with Crippen molar-refractivity contribution in [1.82, 2.24) is 14.9 Å². The van der Waals surface area contributed by atoms with Crippen LogP contribution in [0.25, 0.3) is 11.1 Å². The smallest absolute Gasteiger partial charge is 0.272 e. The molecule has 35 heavy (non-hydrogen) atoms. The van der Waals surface area contributed by atoms with Crippen molar-refractivity contribution in [3.63, 3.8) is 0 Å². The van der Waals surface area contributed by atoms with E-state index < -0.39 is 0 Å². The van der Waals surface area contributed by atoms with Crippen molar-refractivity contribution in [2.24, 2.45) is 0 Å². The molecular formula is C27H29N5O3. The zero-order valence-electron chi connectivity index (χ0n) is 20.0. The molecule has 3 aromatic rings. The third kappa shape index (κ3) is 4.74. The van der Waals surface area contributed by atoms with Gasteiger partial charge in [0.05, 0.1) is 19.3 Å². The second-order valence-electron chi connectivity index (χ2n) is 9.00. The van der Waals surface area contributed by atoms with Crippen molar-refractivity contribution in [1.29, 1.82) is 0 Å². The maximum Gasteiger partial charge on any atom is 0.272 e. The highest BCUT2D eigenvalue weighted by atomic mass is 16.5. The summed E-state index contributed by atoms with van der Waals surface area (Å²) in [6.07, 6.45) is 4.27. The molecule has 2 atom stereocenters. The van der Waals surface area contributed by atoms with Crippen molar-refractivity contribution >= 4 is 23.3 Å². The van der Waals surface area contributed by atoms with Gasteiger partial charge < -0.3 is 19.9 Å². The largest absolute Gasteiger partial charge is 0.378 e. The van der Waals surface area contributed by atoms with E-state index in [4.69, 9.17) is 4.74 Å². The number of ether oxygens (including phenoxy) is 1. The summed E-state index contributed by atoms with van der Waals surface area (Å²) in [5, 5.41) is 3.54. The summed E-state index contributed by atoms with van der Waals surface area (Å²) in [6, 6.07) is 15.7. The van der Waals surface area contributed by atoms with Crippen LogP contribution in [0.1, 0.15) is 42.4 Å². The minimum Gasteiger partial charge on any atom is -0.378 e. The van der Waals surface area contributed by atoms with Crippen LogP contribution in [-0.2, 0) is 9.53 Å². The molecule has 2 aliphatic rings. The van der Waals surface area contributed by atoms with Crippen LogP contribution < -0.4 is 10.2 Å². The molecule has 1 fully saturated rings. The Hall–Kier alpha value is -3.78. The Bertz CT molecular complexity index is 1210. The summed E-state index contributed by atoms with van der Waals surface area (Å²) in [6.45, 7) is 5.96. The van der Waals surface area contributed by atoms with Crippen LogP contribution in [-0.4, -0.2) is 59.0 Å². The summed E-state index contributed by atoms with van der Waals surface area (Å²) in [7, 11) is 0. The lowest BCUT2D eigenvalue weighted by atomic mass is 9.89. The molecular weight excluding hydrogens is 442 g/mol. The zero-order valence-corrected chi connectivity index (χ0v) is 20.0. The highest BCUT2D eigenvalue weighted by Crippen LogP contribution is 2.40. The first-order chi connectivity index (χ1) is 17.0. The number of morpholine rings is 1. The maximum absolute atomic E-state index is 12.7. The summed E-state index contributed by atoms with van der Waals surface area (Å²) >= 11 is 0. The molecule has 180 valence electrons. The molecule has 0 aliphatic carbocycles. The molecule has 8 nitrogen and oxygen atoms in total. The van der Waals surface area contributed by atoms with Crippen molar-refractivity contribution in [2.75, 3.05) is 36.5 Å². The summed E-state index contributed by atoms with van der Waals surface area (Å²) in [5.41, 5.74) is 4.26. The lowest BCUT2D eigenvalue weighted by Crippen LogP contribution is -2.43. The number of benzene rings is 1. The van der Waals surface area contributed by atoms with Gasteiger partial charge >= 0.3 is 0 Å². The number of carbonyl (C=O) groups excluding carboxylic acids is 2. The molecule has 2 amide bonds. The van der Waals surface area contributed by atoms with Gasteiger partial charge in [-0.3, -0.25) is 14.6 Å². The minimum absolute atomic E-state index is 0.000538. The normalized spacial score (nSPS) is 19.7. The van der Waals surface area contributed by atoms with Gasteiger partial charge in [-0.15, -0.1) is 0 Å². The molecule has 1 N–H and O–H groups in total. The van der Waals surface area contributed by atoms with Crippen molar-refractivity contribution in [2.45, 2.75) is 32.4 Å². The Labute approximate surface area is 204 Å². The first kappa shape index (κ1) is 23.0. The Balaban J connectivity index is 1.45. The van der Waals surface area contributed by atoms with E-state index in [-0.39, 0.29) is 23.9 Å². The second kappa shape index (κ2) is 9.84. The SMILES string of the molecule is CC(=O)N1c2ccc(-c3ccc(C(=O)N4CCOCC4)nc3)cc2[C@H](Nc2ccccn2)C[C@@H]1C. The van der Waals surface area contributed by atoms with Gasteiger partial charge in [-0.05, 0) is 54.8 Å². The van der Waals surface area contributed by atoms with E-state index >= 15 is 0 Å². The number of carbonyl (C=O) groups is 2. The Morgan fingerprint density at radius 1 is 1.03 bits per heavy atom. The van der Waals surface area contributed by atoms with Crippen molar-refractivity contribution in [3.8, 4) is 11.1 Å². The summed E-state index contributed by atoms with van der Waals surface area (Å²) < 4.78 is 5.34. The van der Waals surface area contributed by atoms with E-state index in [0.29, 0.717) is 32.0 Å². The molecule has 1 saturated heterocycles. The Morgan fingerprint density at radius 3 is 2.51 bits per heavy atom. The predicted molar refractivity (Wildman–Crippen MR) is 134 cm³/mol. The molecule has 2 aliphatic heterocycles. The number of hydrogen-bond acceptors (Lipinski definition) is 6. The quantitative estimate of drug-likeness (QED) is 0.621. The van der Waals surface area contributed by atoms with Crippen LogP contribution in [0.2, 0.25) is 0 Å². The van der Waals surface area contributed by atoms with Crippen LogP contribution in [0.3, 0.4) is 0 Å². The number of amides is 2. The van der Waals surface area contributed by atoms with Gasteiger partial charge in [0.1, 0.15) is 11.5 Å². The number of anilines is 2. The number of nitrogens with zero attached hydrogens (tertiary/aromatic N) is 4. The van der Waals surface area contributed by atoms with E-state index in [0.717, 1.165) is 34.6 Å². The average molecular weight is 472 g/mol. The first-order valence-electron chi connectivity index (χ1n) is 12.0. The van der Waals surface area contributed by atoms with E-state index in [9.17, 15) is 9.59 Å². The van der Waals surface area contributed by atoms with Gasteiger partial charge in [0.2, 0.25) is 5.91 Å². The maximum atomic E-state index is 12.7. The number of pyridine rings is 2. The molecule has 8 heteroatoms. The first-order valence-corrected chi connectivity index (χ1v) is 12.0. The van der Waals surface area contributed by atoms with Crippen LogP contribution >= 0.6 is 0 Å². The Morgan fingerprint density at radius 2 is 1.83 bits per heavy atom. The Kier molecular flexibility index (Phi) is 6.46. The number of hydrogen-bond donors (Lipinski definition) is 1. The van der Waals surface area contributed by atoms with Gasteiger partial charge in [-0.25, -0.2) is 4.98 Å². The number of rotatable bonds is 4. The van der Waals surface area contributed by atoms with Crippen LogP contribution in [0.15, 0.2) is 60.9 Å². The fourth-order valence-corrected chi connectivity index (χ4v) is 4.91. The molecule has 0 radical (unpaired) electrons. The van der Waals surface area contributed by atoms with Gasteiger partial charge in [-0.2, -0.15) is 0 Å². The third-order valence-electron chi connectivity index (χ3n) is 6.62. The predicted octanol–water partition coefficient (Wildman–Crippen LogP) is 3.91. The molecule has 5 rings (SSSR count). The summed E-state index contributed by atoms with van der Waals surface area (Å²) in [5.74, 6) is 0.747. The molecule has 0 spiro atoms. The van der Waals surface area contributed by atoms with Gasteiger partial charge in [0.15, 0.2) is 0 Å². The van der Waals surface area contributed by atoms with Gasteiger partial charge in [0.25, 0.3) is 5.91 Å². The molecule has 0 bridgehead atoms. The van der Waals surface area contributed by atoms with Crippen LogP contribution in [0.5, 0.6) is 0 Å². The number of nitrogens with one attached hydrogen (secondary N) is 1. The summed E-state index contributed by atoms with van der Waals surface area (Å²) in [4.78, 5) is 37.7. The monoisotopic (exact) mass is 471 g/mol. The lowest BCUT2D eigenvalue weighted by Gasteiger charge is -2.39. The molecule has 2 aromatic heterocycles. The third-order valence-corrected chi connectivity index (χ3v) is 6.62. The van der Waals surface area contributed by atoms with Gasteiger partial charge in [0, 0.05) is 49.7 Å². The second-order valence-corrected chi connectivity index (χ2v) is 9.00. The molecule has 0 unspecified atom stereocenters. The fraction of sp³-hybridized carbons (Fsp3) is 0.333. The lowest BCUT2D eigenvalue weighted by molar-refractivity contribution is -0.117. The number of fused-ring (bicyclic) bond motifs is 1. The minimum atomic E-state index is -0.0731. The average Bonchev–Trinajstić information content (AvgIpc) is 2.89. The molecule has 0 saturated carbocycles. The zero-order chi connectivity index (χ0) is 24.4. The highest BCUT2D eigenvalue weighted by molar-refractivity contribution is 5.95. The van der Waals surface area contributed by atoms with Crippen LogP contribution in [0.4, 0.5) is 11.5 Å².